The Balaban J connectivity index is 0.00000169. The third-order valence-electron chi connectivity index (χ3n) is 2.35. The van der Waals surface area contributed by atoms with Gasteiger partial charge in [-0.25, -0.2) is 4.39 Å². The topological polar surface area (TPSA) is 38.5 Å². The summed E-state index contributed by atoms with van der Waals surface area (Å²) in [4.78, 5) is 2.12. The highest BCUT2D eigenvalue weighted by molar-refractivity contribution is 5.85. The summed E-state index contributed by atoms with van der Waals surface area (Å²) in [6, 6.07) is 0. The van der Waals surface area contributed by atoms with Gasteiger partial charge in [0.05, 0.1) is 12.7 Å². The van der Waals surface area contributed by atoms with Crippen LogP contribution >= 0.6 is 12.4 Å². The van der Waals surface area contributed by atoms with Crippen molar-refractivity contribution in [3.63, 3.8) is 0 Å². The molecule has 3 nitrogen and oxygen atoms in total. The number of hydrogen-bond donors (Lipinski definition) is 1. The number of alkyl halides is 1. The van der Waals surface area contributed by atoms with Gasteiger partial charge in [-0.2, -0.15) is 0 Å². The molecule has 0 spiro atoms. The Hall–Kier alpha value is 0.1000. The van der Waals surface area contributed by atoms with E-state index < -0.39 is 0 Å². The van der Waals surface area contributed by atoms with Crippen molar-refractivity contribution in [2.24, 2.45) is 5.73 Å². The second-order valence-electron chi connectivity index (χ2n) is 3.41. The van der Waals surface area contributed by atoms with E-state index >= 15 is 0 Å². The molecule has 1 atom stereocenters. The van der Waals surface area contributed by atoms with Crippen LogP contribution in [0.4, 0.5) is 4.39 Å². The largest absolute Gasteiger partial charge is 0.376 e. The molecule has 1 heterocycles. The summed E-state index contributed by atoms with van der Waals surface area (Å²) in [5.74, 6) is 0. The highest BCUT2D eigenvalue weighted by Crippen LogP contribution is 2.09. The van der Waals surface area contributed by atoms with E-state index in [1.165, 1.54) is 0 Å². The fourth-order valence-electron chi connectivity index (χ4n) is 1.62. The van der Waals surface area contributed by atoms with Crippen LogP contribution in [-0.2, 0) is 4.74 Å². The summed E-state index contributed by atoms with van der Waals surface area (Å²) in [5, 5.41) is 0. The maximum absolute atomic E-state index is 12.1. The number of ether oxygens (including phenoxy) is 1. The second-order valence-corrected chi connectivity index (χ2v) is 3.41. The Morgan fingerprint density at radius 2 is 2.29 bits per heavy atom. The molecule has 1 saturated heterocycles. The van der Waals surface area contributed by atoms with E-state index in [1.54, 1.807) is 0 Å². The van der Waals surface area contributed by atoms with Gasteiger partial charge in [-0.15, -0.1) is 12.4 Å². The Morgan fingerprint density at radius 1 is 1.50 bits per heavy atom. The van der Waals surface area contributed by atoms with Gasteiger partial charge in [0.15, 0.2) is 0 Å². The summed E-state index contributed by atoms with van der Waals surface area (Å²) in [6.45, 7) is 3.46. The fourth-order valence-corrected chi connectivity index (χ4v) is 1.62. The molecule has 5 heteroatoms. The fraction of sp³-hybridized carbons (Fsp3) is 1.00. The van der Waals surface area contributed by atoms with Crippen molar-refractivity contribution in [3.8, 4) is 0 Å². The Bertz CT molecular complexity index is 138. The van der Waals surface area contributed by atoms with E-state index in [4.69, 9.17) is 10.5 Å². The predicted molar refractivity (Wildman–Crippen MR) is 57.7 cm³/mol. The zero-order chi connectivity index (χ0) is 9.52. The minimum Gasteiger partial charge on any atom is -0.376 e. The SMILES string of the molecule is Cl.NCCCC1CN(CCF)CCO1. The Morgan fingerprint density at radius 3 is 2.93 bits per heavy atom. The van der Waals surface area contributed by atoms with Crippen LogP contribution in [0.2, 0.25) is 0 Å². The summed E-state index contributed by atoms with van der Waals surface area (Å²) >= 11 is 0. The van der Waals surface area contributed by atoms with Crippen molar-refractivity contribution in [1.29, 1.82) is 0 Å². The van der Waals surface area contributed by atoms with Gasteiger partial charge in [-0.3, -0.25) is 4.90 Å². The maximum atomic E-state index is 12.1. The molecule has 86 valence electrons. The highest BCUT2D eigenvalue weighted by Gasteiger charge is 2.19. The zero-order valence-corrected chi connectivity index (χ0v) is 9.27. The van der Waals surface area contributed by atoms with Crippen LogP contribution < -0.4 is 5.73 Å². The molecule has 0 aromatic carbocycles. The molecule has 0 aromatic heterocycles. The van der Waals surface area contributed by atoms with Gasteiger partial charge in [0.1, 0.15) is 6.67 Å². The quantitative estimate of drug-likeness (QED) is 0.755. The lowest BCUT2D eigenvalue weighted by Gasteiger charge is -2.32. The summed E-state index contributed by atoms with van der Waals surface area (Å²) in [7, 11) is 0. The van der Waals surface area contributed by atoms with E-state index in [-0.39, 0.29) is 25.2 Å². The molecule has 0 aromatic rings. The van der Waals surface area contributed by atoms with E-state index in [9.17, 15) is 4.39 Å². The summed E-state index contributed by atoms with van der Waals surface area (Å²) in [5.41, 5.74) is 5.41. The lowest BCUT2D eigenvalue weighted by molar-refractivity contribution is -0.0336. The van der Waals surface area contributed by atoms with Gasteiger partial charge in [0.2, 0.25) is 0 Å². The molecule has 0 radical (unpaired) electrons. The number of morpholine rings is 1. The molecule has 1 unspecified atom stereocenters. The van der Waals surface area contributed by atoms with Crippen molar-refractivity contribution < 1.29 is 9.13 Å². The van der Waals surface area contributed by atoms with E-state index in [0.29, 0.717) is 13.1 Å². The first-order valence-corrected chi connectivity index (χ1v) is 4.97. The third kappa shape index (κ3) is 5.10. The molecule has 0 bridgehead atoms. The van der Waals surface area contributed by atoms with Gasteiger partial charge in [-0.05, 0) is 19.4 Å². The number of nitrogens with zero attached hydrogens (tertiary/aromatic N) is 1. The van der Waals surface area contributed by atoms with Gasteiger partial charge in [0.25, 0.3) is 0 Å². The first-order valence-electron chi connectivity index (χ1n) is 4.97. The Labute approximate surface area is 91.2 Å². The lowest BCUT2D eigenvalue weighted by atomic mass is 10.1. The van der Waals surface area contributed by atoms with Crippen molar-refractivity contribution in [2.45, 2.75) is 18.9 Å². The lowest BCUT2D eigenvalue weighted by Crippen LogP contribution is -2.43. The van der Waals surface area contributed by atoms with Gasteiger partial charge < -0.3 is 10.5 Å². The van der Waals surface area contributed by atoms with Gasteiger partial charge in [-0.1, -0.05) is 0 Å². The minimum absolute atomic E-state index is 0. The van der Waals surface area contributed by atoms with Gasteiger partial charge >= 0.3 is 0 Å². The van der Waals surface area contributed by atoms with Crippen LogP contribution in [-0.4, -0.2) is 50.5 Å². The summed E-state index contributed by atoms with van der Waals surface area (Å²) < 4.78 is 17.6. The van der Waals surface area contributed by atoms with Crippen molar-refractivity contribution in [3.05, 3.63) is 0 Å². The van der Waals surface area contributed by atoms with Crippen LogP contribution in [0.25, 0.3) is 0 Å². The minimum atomic E-state index is -0.260. The van der Waals surface area contributed by atoms with E-state index in [0.717, 1.165) is 32.5 Å². The molecular weight excluding hydrogens is 207 g/mol. The highest BCUT2D eigenvalue weighted by atomic mass is 35.5. The number of halogens is 2. The van der Waals surface area contributed by atoms with Crippen LogP contribution in [0.1, 0.15) is 12.8 Å². The first-order chi connectivity index (χ1) is 6.36. The normalized spacial score (nSPS) is 23.1. The molecule has 1 aliphatic rings. The van der Waals surface area contributed by atoms with Crippen LogP contribution in [0.3, 0.4) is 0 Å². The zero-order valence-electron chi connectivity index (χ0n) is 8.45. The van der Waals surface area contributed by atoms with Crippen LogP contribution in [0.15, 0.2) is 0 Å². The molecule has 0 amide bonds. The molecule has 0 saturated carbocycles. The molecule has 1 fully saturated rings. The maximum Gasteiger partial charge on any atom is 0.102 e. The smallest absolute Gasteiger partial charge is 0.102 e. The van der Waals surface area contributed by atoms with Gasteiger partial charge in [0, 0.05) is 19.6 Å². The standard InChI is InChI=1S/C9H19FN2O.ClH/c10-3-5-12-6-7-13-9(8-12)2-1-4-11;/h9H,1-8,11H2;1H. The Kier molecular flexibility index (Phi) is 8.47. The molecule has 14 heavy (non-hydrogen) atoms. The van der Waals surface area contributed by atoms with E-state index in [1.807, 2.05) is 0 Å². The van der Waals surface area contributed by atoms with E-state index in [2.05, 4.69) is 4.90 Å². The molecular formula is C9H20ClFN2O. The second kappa shape index (κ2) is 8.41. The monoisotopic (exact) mass is 226 g/mol. The average molecular weight is 227 g/mol. The van der Waals surface area contributed by atoms with Crippen molar-refractivity contribution >= 4 is 12.4 Å². The molecule has 1 rings (SSSR count). The first kappa shape index (κ1) is 14.1. The average Bonchev–Trinajstić information content (AvgIpc) is 2.16. The third-order valence-corrected chi connectivity index (χ3v) is 2.35. The number of hydrogen-bond acceptors (Lipinski definition) is 3. The number of rotatable bonds is 5. The van der Waals surface area contributed by atoms with Crippen molar-refractivity contribution in [1.82, 2.24) is 4.90 Å². The van der Waals surface area contributed by atoms with Crippen molar-refractivity contribution in [2.75, 3.05) is 39.5 Å². The molecule has 2 N–H and O–H groups in total. The van der Waals surface area contributed by atoms with Crippen LogP contribution in [0, 0.1) is 0 Å². The molecule has 0 aliphatic carbocycles. The van der Waals surface area contributed by atoms with Crippen LogP contribution in [0.5, 0.6) is 0 Å². The summed E-state index contributed by atoms with van der Waals surface area (Å²) in [6.07, 6.45) is 2.26. The molecule has 1 aliphatic heterocycles. The number of nitrogens with two attached hydrogens (primary N) is 1. The predicted octanol–water partition coefficient (Wildman–Crippen LogP) is 0.817.